The molecule has 8 heteroatoms. The number of nitro groups is 1. The third-order valence-electron chi connectivity index (χ3n) is 3.54. The number of aliphatic hydroxyl groups is 1. The van der Waals surface area contributed by atoms with Gasteiger partial charge in [-0.3, -0.25) is 10.1 Å². The summed E-state index contributed by atoms with van der Waals surface area (Å²) >= 11 is 6.07. The molecule has 0 bridgehead atoms. The topological polar surface area (TPSA) is 84.6 Å². The number of hydrogen-bond donors (Lipinski definition) is 2. The van der Waals surface area contributed by atoms with Gasteiger partial charge in [-0.25, -0.2) is 4.39 Å². The van der Waals surface area contributed by atoms with E-state index in [2.05, 4.69) is 5.32 Å². The minimum Gasteiger partial charge on any atom is -0.490 e. The van der Waals surface area contributed by atoms with Crippen molar-refractivity contribution in [2.45, 2.75) is 12.5 Å². The van der Waals surface area contributed by atoms with Crippen LogP contribution in [0.2, 0.25) is 5.02 Å². The van der Waals surface area contributed by atoms with Crippen molar-refractivity contribution in [1.82, 2.24) is 0 Å². The first kappa shape index (κ1) is 18.0. The summed E-state index contributed by atoms with van der Waals surface area (Å²) in [6.07, 6.45) is 0. The number of benzene rings is 2. The Hall–Kier alpha value is -2.38. The van der Waals surface area contributed by atoms with Gasteiger partial charge in [-0.05, 0) is 13.0 Å². The first-order chi connectivity index (χ1) is 11.3. The number of nitrogens with zero attached hydrogens (tertiary/aromatic N) is 1. The van der Waals surface area contributed by atoms with E-state index in [9.17, 15) is 19.6 Å². The average Bonchev–Trinajstić information content (AvgIpc) is 2.53. The molecule has 0 aromatic heterocycles. The zero-order chi connectivity index (χ0) is 17.9. The van der Waals surface area contributed by atoms with Crippen molar-refractivity contribution in [3.05, 3.63) is 62.9 Å². The number of ether oxygens (including phenoxy) is 1. The van der Waals surface area contributed by atoms with Gasteiger partial charge in [0.2, 0.25) is 0 Å². The third kappa shape index (κ3) is 3.74. The van der Waals surface area contributed by atoms with E-state index in [1.54, 1.807) is 24.3 Å². The SMILES string of the molecule is COc1cc(NCC(C)(O)c2ccccc2Cl)c(F)cc1[N+](=O)[O-]. The summed E-state index contributed by atoms with van der Waals surface area (Å²) in [4.78, 5) is 10.1. The molecular weight excluding hydrogens is 339 g/mol. The summed E-state index contributed by atoms with van der Waals surface area (Å²) in [7, 11) is 1.25. The van der Waals surface area contributed by atoms with Crippen molar-refractivity contribution in [1.29, 1.82) is 0 Å². The number of anilines is 1. The van der Waals surface area contributed by atoms with Crippen LogP contribution in [0.5, 0.6) is 5.75 Å². The van der Waals surface area contributed by atoms with Crippen LogP contribution in [0.4, 0.5) is 15.8 Å². The van der Waals surface area contributed by atoms with E-state index in [1.807, 2.05) is 0 Å². The number of halogens is 2. The van der Waals surface area contributed by atoms with Gasteiger partial charge in [0.05, 0.1) is 23.8 Å². The summed E-state index contributed by atoms with van der Waals surface area (Å²) in [6.45, 7) is 1.47. The molecule has 24 heavy (non-hydrogen) atoms. The van der Waals surface area contributed by atoms with Crippen LogP contribution in [0.25, 0.3) is 0 Å². The maximum atomic E-state index is 14.1. The molecule has 1 atom stereocenters. The predicted molar refractivity (Wildman–Crippen MR) is 89.1 cm³/mol. The van der Waals surface area contributed by atoms with Gasteiger partial charge in [-0.1, -0.05) is 29.8 Å². The first-order valence-corrected chi connectivity index (χ1v) is 7.37. The van der Waals surface area contributed by atoms with Crippen LogP contribution < -0.4 is 10.1 Å². The molecule has 2 N–H and O–H groups in total. The number of nitro benzene ring substituents is 1. The normalized spacial score (nSPS) is 13.2. The van der Waals surface area contributed by atoms with Crippen molar-refractivity contribution in [2.75, 3.05) is 19.0 Å². The first-order valence-electron chi connectivity index (χ1n) is 6.99. The Morgan fingerprint density at radius 1 is 1.42 bits per heavy atom. The third-order valence-corrected chi connectivity index (χ3v) is 3.87. The molecule has 0 spiro atoms. The van der Waals surface area contributed by atoms with Gasteiger partial charge < -0.3 is 15.2 Å². The number of nitrogens with one attached hydrogen (secondary N) is 1. The number of rotatable bonds is 6. The minimum atomic E-state index is -1.38. The van der Waals surface area contributed by atoms with Crippen molar-refractivity contribution in [2.24, 2.45) is 0 Å². The van der Waals surface area contributed by atoms with Crippen LogP contribution in [-0.2, 0) is 5.60 Å². The van der Waals surface area contributed by atoms with E-state index in [4.69, 9.17) is 16.3 Å². The minimum absolute atomic E-state index is 0.0234. The van der Waals surface area contributed by atoms with Crippen LogP contribution in [0.15, 0.2) is 36.4 Å². The Morgan fingerprint density at radius 2 is 2.08 bits per heavy atom. The van der Waals surface area contributed by atoms with Gasteiger partial charge in [-0.15, -0.1) is 0 Å². The standard InChI is InChI=1S/C16H16ClFN2O4/c1-16(21,10-5-3-4-6-11(10)17)9-19-13-8-15(24-2)14(20(22)23)7-12(13)18/h3-8,19,21H,9H2,1-2H3. The Kier molecular flexibility index (Phi) is 5.26. The highest BCUT2D eigenvalue weighted by atomic mass is 35.5. The fourth-order valence-electron chi connectivity index (χ4n) is 2.25. The molecule has 0 aliphatic rings. The lowest BCUT2D eigenvalue weighted by Crippen LogP contribution is -2.31. The molecular formula is C16H16ClFN2O4. The molecule has 2 aromatic carbocycles. The molecule has 0 saturated carbocycles. The summed E-state index contributed by atoms with van der Waals surface area (Å²) in [5, 5.41) is 24.6. The summed E-state index contributed by atoms with van der Waals surface area (Å²) in [5.41, 5.74) is -1.39. The lowest BCUT2D eigenvalue weighted by atomic mass is 9.96. The van der Waals surface area contributed by atoms with Gasteiger partial charge in [0, 0.05) is 23.2 Å². The zero-order valence-corrected chi connectivity index (χ0v) is 13.8. The monoisotopic (exact) mass is 354 g/mol. The molecule has 0 aliphatic carbocycles. The largest absolute Gasteiger partial charge is 0.490 e. The van der Waals surface area contributed by atoms with Gasteiger partial charge in [-0.2, -0.15) is 0 Å². The van der Waals surface area contributed by atoms with Crippen LogP contribution in [0.3, 0.4) is 0 Å². The molecule has 0 amide bonds. The van der Waals surface area contributed by atoms with Crippen LogP contribution in [-0.4, -0.2) is 23.7 Å². The van der Waals surface area contributed by atoms with Crippen molar-refractivity contribution >= 4 is 23.0 Å². The summed E-state index contributed by atoms with van der Waals surface area (Å²) in [5.74, 6) is -0.904. The highest BCUT2D eigenvalue weighted by Crippen LogP contribution is 2.33. The smallest absolute Gasteiger partial charge is 0.313 e. The second kappa shape index (κ2) is 7.02. The molecule has 2 aromatic rings. The molecule has 0 radical (unpaired) electrons. The lowest BCUT2D eigenvalue weighted by Gasteiger charge is -2.26. The van der Waals surface area contributed by atoms with Gasteiger partial charge in [0.15, 0.2) is 11.6 Å². The molecule has 0 fully saturated rings. The van der Waals surface area contributed by atoms with Crippen LogP contribution in [0.1, 0.15) is 12.5 Å². The van der Waals surface area contributed by atoms with Gasteiger partial charge >= 0.3 is 5.69 Å². The fraction of sp³-hybridized carbons (Fsp3) is 0.250. The Bertz CT molecular complexity index is 768. The molecule has 128 valence electrons. The van der Waals surface area contributed by atoms with Gasteiger partial charge in [0.25, 0.3) is 0 Å². The Morgan fingerprint density at radius 3 is 2.67 bits per heavy atom. The summed E-state index contributed by atoms with van der Waals surface area (Å²) < 4.78 is 19.0. The van der Waals surface area contributed by atoms with E-state index >= 15 is 0 Å². The zero-order valence-electron chi connectivity index (χ0n) is 13.0. The molecule has 0 aliphatic heterocycles. The Balaban J connectivity index is 2.26. The molecule has 1 unspecified atom stereocenters. The fourth-order valence-corrected chi connectivity index (χ4v) is 2.58. The molecule has 6 nitrogen and oxygen atoms in total. The van der Waals surface area contributed by atoms with E-state index < -0.39 is 22.0 Å². The van der Waals surface area contributed by atoms with Crippen LogP contribution >= 0.6 is 11.6 Å². The quantitative estimate of drug-likeness (QED) is 0.610. The molecule has 0 heterocycles. The van der Waals surface area contributed by atoms with Gasteiger partial charge in [0.1, 0.15) is 5.60 Å². The highest BCUT2D eigenvalue weighted by Gasteiger charge is 2.26. The summed E-state index contributed by atoms with van der Waals surface area (Å²) in [6, 6.07) is 8.71. The van der Waals surface area contributed by atoms with Crippen molar-refractivity contribution in [3.63, 3.8) is 0 Å². The molecule has 0 saturated heterocycles. The van der Waals surface area contributed by atoms with E-state index in [0.717, 1.165) is 6.07 Å². The van der Waals surface area contributed by atoms with Crippen molar-refractivity contribution in [3.8, 4) is 5.75 Å². The van der Waals surface area contributed by atoms with E-state index in [-0.39, 0.29) is 18.0 Å². The second-order valence-corrected chi connectivity index (χ2v) is 5.78. The van der Waals surface area contributed by atoms with E-state index in [0.29, 0.717) is 10.6 Å². The van der Waals surface area contributed by atoms with Crippen molar-refractivity contribution < 1.29 is 19.2 Å². The number of hydrogen-bond acceptors (Lipinski definition) is 5. The predicted octanol–water partition coefficient (Wildman–Crippen LogP) is 3.72. The maximum absolute atomic E-state index is 14.1. The lowest BCUT2D eigenvalue weighted by molar-refractivity contribution is -0.385. The van der Waals surface area contributed by atoms with E-state index in [1.165, 1.54) is 20.1 Å². The Labute approximate surface area is 143 Å². The average molecular weight is 355 g/mol. The molecule has 2 rings (SSSR count). The highest BCUT2D eigenvalue weighted by molar-refractivity contribution is 6.31. The number of methoxy groups -OCH3 is 1. The van der Waals surface area contributed by atoms with Crippen LogP contribution in [0, 0.1) is 15.9 Å². The maximum Gasteiger partial charge on any atom is 0.313 e. The second-order valence-electron chi connectivity index (χ2n) is 5.37.